The molecule has 1 aromatic carbocycles. The molecule has 0 aliphatic heterocycles. The quantitative estimate of drug-likeness (QED) is 0.521. The van der Waals surface area contributed by atoms with Crippen LogP contribution in [0.2, 0.25) is 0 Å². The summed E-state index contributed by atoms with van der Waals surface area (Å²) < 4.78 is 5.44. The maximum absolute atomic E-state index is 5.61. The molecule has 1 heterocycles. The van der Waals surface area contributed by atoms with E-state index < -0.39 is 0 Å². The van der Waals surface area contributed by atoms with Crippen LogP contribution in [0.4, 0.5) is 5.69 Å². The summed E-state index contributed by atoms with van der Waals surface area (Å²) in [6.45, 7) is 0. The lowest BCUT2D eigenvalue weighted by Crippen LogP contribution is -1.80. The van der Waals surface area contributed by atoms with Crippen molar-refractivity contribution in [3.05, 3.63) is 30.0 Å². The molecule has 0 atom stereocenters. The average Bonchev–Trinajstić information content (AvgIpc) is 2.46. The molecule has 3 heteroatoms. The van der Waals surface area contributed by atoms with E-state index in [4.69, 9.17) is 10.2 Å². The monoisotopic (exact) mass is 179 g/mol. The van der Waals surface area contributed by atoms with Crippen LogP contribution in [0, 0.1) is 0 Å². The summed E-state index contributed by atoms with van der Waals surface area (Å²) in [5, 5.41) is 1.04. The van der Waals surface area contributed by atoms with Crippen LogP contribution in [0.5, 0.6) is 0 Å². The second kappa shape index (κ2) is 2.75. The molecule has 0 fully saturated rings. The van der Waals surface area contributed by atoms with Gasteiger partial charge in [-0.2, -0.15) is 12.6 Å². The number of rotatable bonds is 1. The number of furan rings is 1. The number of nitrogens with two attached hydrogens (primary N) is 1. The minimum atomic E-state index is 0.620. The summed E-state index contributed by atoms with van der Waals surface area (Å²) in [5.74, 6) is 1.49. The van der Waals surface area contributed by atoms with Crippen molar-refractivity contribution < 1.29 is 4.42 Å². The van der Waals surface area contributed by atoms with E-state index in [1.807, 2.05) is 24.3 Å². The molecule has 2 rings (SSSR count). The maximum Gasteiger partial charge on any atom is 0.134 e. The molecule has 0 radical (unpaired) electrons. The molecule has 0 unspecified atom stereocenters. The largest absolute Gasteiger partial charge is 0.460 e. The number of nitrogen functional groups attached to an aromatic ring is 1. The van der Waals surface area contributed by atoms with Crippen LogP contribution in [0.15, 0.2) is 28.7 Å². The standard InChI is InChI=1S/C9H9NOS/c10-7-1-2-9-6(3-7)4-8(5-12)11-9/h1-4,12H,5,10H2. The van der Waals surface area contributed by atoms with E-state index in [0.717, 1.165) is 22.4 Å². The first kappa shape index (κ1) is 7.55. The molecule has 0 saturated heterocycles. The van der Waals surface area contributed by atoms with Crippen LogP contribution in [-0.4, -0.2) is 0 Å². The zero-order valence-corrected chi connectivity index (χ0v) is 7.34. The molecule has 0 amide bonds. The van der Waals surface area contributed by atoms with E-state index in [1.54, 1.807) is 0 Å². The van der Waals surface area contributed by atoms with Crippen LogP contribution in [0.1, 0.15) is 5.76 Å². The lowest BCUT2D eigenvalue weighted by atomic mass is 10.2. The number of thiol groups is 1. The fourth-order valence-electron chi connectivity index (χ4n) is 1.19. The molecule has 0 aliphatic carbocycles. The van der Waals surface area contributed by atoms with Gasteiger partial charge in [0.15, 0.2) is 0 Å². The van der Waals surface area contributed by atoms with Crippen molar-refractivity contribution in [3.63, 3.8) is 0 Å². The molecule has 62 valence electrons. The number of benzene rings is 1. The van der Waals surface area contributed by atoms with E-state index in [-0.39, 0.29) is 0 Å². The molecular formula is C9H9NOS. The van der Waals surface area contributed by atoms with E-state index >= 15 is 0 Å². The van der Waals surface area contributed by atoms with Gasteiger partial charge in [-0.15, -0.1) is 0 Å². The van der Waals surface area contributed by atoms with Gasteiger partial charge in [-0.1, -0.05) is 0 Å². The highest BCUT2D eigenvalue weighted by atomic mass is 32.1. The summed E-state index contributed by atoms with van der Waals surface area (Å²) >= 11 is 4.12. The first-order chi connectivity index (χ1) is 5.79. The number of hydrogen-bond acceptors (Lipinski definition) is 3. The van der Waals surface area contributed by atoms with Gasteiger partial charge < -0.3 is 10.2 Å². The van der Waals surface area contributed by atoms with Gasteiger partial charge in [0.05, 0.1) is 0 Å². The third kappa shape index (κ3) is 1.16. The van der Waals surface area contributed by atoms with Crippen LogP contribution in [0.25, 0.3) is 11.0 Å². The van der Waals surface area contributed by atoms with Crippen molar-refractivity contribution in [1.82, 2.24) is 0 Å². The molecule has 2 nitrogen and oxygen atoms in total. The summed E-state index contributed by atoms with van der Waals surface area (Å²) in [4.78, 5) is 0. The van der Waals surface area contributed by atoms with Gasteiger partial charge in [0.1, 0.15) is 11.3 Å². The average molecular weight is 179 g/mol. The van der Waals surface area contributed by atoms with Crippen LogP contribution >= 0.6 is 12.6 Å². The predicted molar refractivity (Wildman–Crippen MR) is 53.3 cm³/mol. The highest BCUT2D eigenvalue weighted by molar-refractivity contribution is 7.79. The zero-order chi connectivity index (χ0) is 8.55. The van der Waals surface area contributed by atoms with E-state index in [9.17, 15) is 0 Å². The molecule has 2 N–H and O–H groups in total. The Kier molecular flexibility index (Phi) is 1.73. The smallest absolute Gasteiger partial charge is 0.134 e. The highest BCUT2D eigenvalue weighted by Crippen LogP contribution is 2.22. The Balaban J connectivity index is 2.67. The van der Waals surface area contributed by atoms with Crippen molar-refractivity contribution in [2.45, 2.75) is 5.75 Å². The van der Waals surface area contributed by atoms with Gasteiger partial charge in [-0.05, 0) is 24.3 Å². The lowest BCUT2D eigenvalue weighted by molar-refractivity contribution is 0.574. The van der Waals surface area contributed by atoms with E-state index in [0.29, 0.717) is 5.75 Å². The SMILES string of the molecule is Nc1ccc2oc(CS)cc2c1. The maximum atomic E-state index is 5.61. The topological polar surface area (TPSA) is 39.2 Å². The lowest BCUT2D eigenvalue weighted by Gasteiger charge is -1.89. The van der Waals surface area contributed by atoms with E-state index in [2.05, 4.69) is 12.6 Å². The van der Waals surface area contributed by atoms with Crippen molar-refractivity contribution >= 4 is 29.3 Å². The van der Waals surface area contributed by atoms with Crippen molar-refractivity contribution in [2.24, 2.45) is 0 Å². The minimum absolute atomic E-state index is 0.620. The predicted octanol–water partition coefficient (Wildman–Crippen LogP) is 2.44. The van der Waals surface area contributed by atoms with Crippen LogP contribution < -0.4 is 5.73 Å². The molecular weight excluding hydrogens is 170 g/mol. The summed E-state index contributed by atoms with van der Waals surface area (Å²) in [6, 6.07) is 7.55. The van der Waals surface area contributed by atoms with Crippen molar-refractivity contribution in [1.29, 1.82) is 0 Å². The third-order valence-corrected chi connectivity index (χ3v) is 2.06. The number of anilines is 1. The zero-order valence-electron chi connectivity index (χ0n) is 6.45. The van der Waals surface area contributed by atoms with E-state index in [1.165, 1.54) is 0 Å². The number of fused-ring (bicyclic) bond motifs is 1. The molecule has 0 aliphatic rings. The highest BCUT2D eigenvalue weighted by Gasteiger charge is 2.01. The van der Waals surface area contributed by atoms with Crippen molar-refractivity contribution in [2.75, 3.05) is 5.73 Å². The van der Waals surface area contributed by atoms with Crippen LogP contribution in [-0.2, 0) is 5.75 Å². The Hall–Kier alpha value is -1.09. The Bertz CT molecular complexity index is 408. The number of hydrogen-bond donors (Lipinski definition) is 2. The molecule has 0 saturated carbocycles. The molecule has 1 aromatic heterocycles. The fraction of sp³-hybridized carbons (Fsp3) is 0.111. The summed E-state index contributed by atoms with van der Waals surface area (Å²) in [5.41, 5.74) is 7.24. The second-order valence-electron chi connectivity index (χ2n) is 2.67. The Morgan fingerprint density at radius 3 is 2.92 bits per heavy atom. The Labute approximate surface area is 75.8 Å². The minimum Gasteiger partial charge on any atom is -0.460 e. The van der Waals surface area contributed by atoms with Gasteiger partial charge in [-0.25, -0.2) is 0 Å². The molecule has 0 bridgehead atoms. The summed E-state index contributed by atoms with van der Waals surface area (Å²) in [7, 11) is 0. The normalized spacial score (nSPS) is 10.8. The third-order valence-electron chi connectivity index (χ3n) is 1.75. The fourth-order valence-corrected chi connectivity index (χ4v) is 1.35. The molecule has 2 aromatic rings. The van der Waals surface area contributed by atoms with Crippen LogP contribution in [0.3, 0.4) is 0 Å². The van der Waals surface area contributed by atoms with Gasteiger partial charge in [0, 0.05) is 16.8 Å². The van der Waals surface area contributed by atoms with Gasteiger partial charge in [0.25, 0.3) is 0 Å². The molecule has 0 spiro atoms. The Morgan fingerprint density at radius 2 is 2.17 bits per heavy atom. The van der Waals surface area contributed by atoms with Gasteiger partial charge >= 0.3 is 0 Å². The van der Waals surface area contributed by atoms with Gasteiger partial charge in [0.2, 0.25) is 0 Å². The Morgan fingerprint density at radius 1 is 1.33 bits per heavy atom. The first-order valence-corrected chi connectivity index (χ1v) is 4.31. The van der Waals surface area contributed by atoms with Crippen molar-refractivity contribution in [3.8, 4) is 0 Å². The second-order valence-corrected chi connectivity index (χ2v) is 2.98. The van der Waals surface area contributed by atoms with Gasteiger partial charge in [-0.3, -0.25) is 0 Å². The summed E-state index contributed by atoms with van der Waals surface area (Å²) in [6.07, 6.45) is 0. The molecule has 12 heavy (non-hydrogen) atoms. The first-order valence-electron chi connectivity index (χ1n) is 3.68.